The molecule has 2 atom stereocenters. The molecule has 0 radical (unpaired) electrons. The van der Waals surface area contributed by atoms with Gasteiger partial charge in [0.15, 0.2) is 0 Å². The summed E-state index contributed by atoms with van der Waals surface area (Å²) in [5.41, 5.74) is 3.20. The van der Waals surface area contributed by atoms with E-state index in [9.17, 15) is 0 Å². The molecule has 2 nitrogen and oxygen atoms in total. The van der Waals surface area contributed by atoms with Crippen molar-refractivity contribution in [1.29, 1.82) is 0 Å². The lowest BCUT2D eigenvalue weighted by molar-refractivity contribution is -0.00978. The second-order valence-corrected chi connectivity index (χ2v) is 4.35. The van der Waals surface area contributed by atoms with E-state index >= 15 is 0 Å². The van der Waals surface area contributed by atoms with Gasteiger partial charge in [-0.1, -0.05) is 26.7 Å². The molecule has 2 unspecified atom stereocenters. The Labute approximate surface area is 82.0 Å². The maximum atomic E-state index is 5.30. The number of hydrogen-bond acceptors (Lipinski definition) is 2. The van der Waals surface area contributed by atoms with Crippen molar-refractivity contribution in [2.45, 2.75) is 52.5 Å². The van der Waals surface area contributed by atoms with Crippen LogP contribution in [0, 0.1) is 11.8 Å². The SMILES string of the molecule is CCONC1CCCCC1C(C)C. The molecule has 0 aliphatic heterocycles. The Bertz CT molecular complexity index is 136. The van der Waals surface area contributed by atoms with Crippen molar-refractivity contribution in [3.05, 3.63) is 0 Å². The molecule has 13 heavy (non-hydrogen) atoms. The first-order valence-electron chi connectivity index (χ1n) is 5.63. The molecule has 2 heteroatoms. The summed E-state index contributed by atoms with van der Waals surface area (Å²) in [7, 11) is 0. The molecule has 0 bridgehead atoms. The Hall–Kier alpha value is -0.0800. The van der Waals surface area contributed by atoms with E-state index in [2.05, 4.69) is 19.3 Å². The zero-order valence-corrected chi connectivity index (χ0v) is 9.18. The lowest BCUT2D eigenvalue weighted by atomic mass is 9.78. The zero-order chi connectivity index (χ0) is 9.68. The van der Waals surface area contributed by atoms with Crippen LogP contribution < -0.4 is 5.48 Å². The largest absolute Gasteiger partial charge is 0.302 e. The average molecular weight is 185 g/mol. The predicted octanol–water partition coefficient (Wildman–Crippen LogP) is 2.74. The standard InChI is InChI=1S/C11H23NO/c1-4-13-12-11-8-6-5-7-10(11)9(2)3/h9-12H,4-8H2,1-3H3. The van der Waals surface area contributed by atoms with E-state index in [1.54, 1.807) is 0 Å². The summed E-state index contributed by atoms with van der Waals surface area (Å²) in [6, 6.07) is 0.591. The van der Waals surface area contributed by atoms with Crippen LogP contribution in [0.25, 0.3) is 0 Å². The van der Waals surface area contributed by atoms with Gasteiger partial charge in [0, 0.05) is 6.04 Å². The van der Waals surface area contributed by atoms with Gasteiger partial charge in [-0.15, -0.1) is 0 Å². The third-order valence-corrected chi connectivity index (χ3v) is 3.05. The molecule has 1 aliphatic carbocycles. The minimum atomic E-state index is 0.591. The van der Waals surface area contributed by atoms with Gasteiger partial charge in [-0.25, -0.2) is 0 Å². The number of nitrogens with one attached hydrogen (secondary N) is 1. The Kier molecular flexibility index (Phi) is 4.74. The highest BCUT2D eigenvalue weighted by atomic mass is 16.6. The minimum absolute atomic E-state index is 0.591. The average Bonchev–Trinajstić information content (AvgIpc) is 2.15. The highest BCUT2D eigenvalue weighted by molar-refractivity contribution is 4.80. The van der Waals surface area contributed by atoms with E-state index in [1.165, 1.54) is 25.7 Å². The molecule has 0 aromatic carbocycles. The molecule has 1 fully saturated rings. The van der Waals surface area contributed by atoms with E-state index in [-0.39, 0.29) is 0 Å². The molecule has 1 N–H and O–H groups in total. The highest BCUT2D eigenvalue weighted by Gasteiger charge is 2.27. The molecular formula is C11H23NO. The summed E-state index contributed by atoms with van der Waals surface area (Å²) in [4.78, 5) is 5.30. The fourth-order valence-corrected chi connectivity index (χ4v) is 2.29. The predicted molar refractivity (Wildman–Crippen MR) is 55.3 cm³/mol. The lowest BCUT2D eigenvalue weighted by Crippen LogP contribution is -2.40. The van der Waals surface area contributed by atoms with Gasteiger partial charge in [0.25, 0.3) is 0 Å². The summed E-state index contributed by atoms with van der Waals surface area (Å²) < 4.78 is 0. The Balaban J connectivity index is 2.37. The van der Waals surface area contributed by atoms with Crippen molar-refractivity contribution in [3.63, 3.8) is 0 Å². The van der Waals surface area contributed by atoms with Crippen LogP contribution in [0.4, 0.5) is 0 Å². The van der Waals surface area contributed by atoms with Crippen LogP contribution in [-0.2, 0) is 4.84 Å². The summed E-state index contributed by atoms with van der Waals surface area (Å²) in [5.74, 6) is 1.58. The molecule has 0 saturated heterocycles. The first-order chi connectivity index (χ1) is 6.25. The molecule has 0 aromatic rings. The van der Waals surface area contributed by atoms with Crippen molar-refractivity contribution in [2.24, 2.45) is 11.8 Å². The molecule has 0 amide bonds. The molecule has 0 aromatic heterocycles. The molecule has 0 spiro atoms. The van der Waals surface area contributed by atoms with Gasteiger partial charge >= 0.3 is 0 Å². The molecule has 0 heterocycles. The molecule has 78 valence electrons. The number of rotatable bonds is 4. The van der Waals surface area contributed by atoms with E-state index in [0.29, 0.717) is 6.04 Å². The van der Waals surface area contributed by atoms with Gasteiger partial charge in [0.2, 0.25) is 0 Å². The molecular weight excluding hydrogens is 162 g/mol. The molecule has 1 rings (SSSR count). The fourth-order valence-electron chi connectivity index (χ4n) is 2.29. The summed E-state index contributed by atoms with van der Waals surface area (Å²) in [5, 5.41) is 0. The fraction of sp³-hybridized carbons (Fsp3) is 1.00. The van der Waals surface area contributed by atoms with E-state index in [1.807, 2.05) is 6.92 Å². The normalized spacial score (nSPS) is 29.5. The molecule has 1 saturated carbocycles. The first kappa shape index (κ1) is 11.0. The Morgan fingerprint density at radius 3 is 2.62 bits per heavy atom. The van der Waals surface area contributed by atoms with E-state index in [0.717, 1.165) is 18.4 Å². The third kappa shape index (κ3) is 3.28. The van der Waals surface area contributed by atoms with Crippen LogP contribution in [0.15, 0.2) is 0 Å². The van der Waals surface area contributed by atoms with Crippen LogP contribution in [0.3, 0.4) is 0 Å². The minimum Gasteiger partial charge on any atom is -0.302 e. The van der Waals surface area contributed by atoms with Crippen molar-refractivity contribution in [2.75, 3.05) is 6.61 Å². The monoisotopic (exact) mass is 185 g/mol. The number of hydroxylamine groups is 1. The van der Waals surface area contributed by atoms with Crippen LogP contribution >= 0.6 is 0 Å². The maximum absolute atomic E-state index is 5.30. The van der Waals surface area contributed by atoms with Crippen molar-refractivity contribution in [3.8, 4) is 0 Å². The maximum Gasteiger partial charge on any atom is 0.0654 e. The van der Waals surface area contributed by atoms with Crippen LogP contribution in [0.5, 0.6) is 0 Å². The lowest BCUT2D eigenvalue weighted by Gasteiger charge is -2.34. The van der Waals surface area contributed by atoms with Crippen molar-refractivity contribution >= 4 is 0 Å². The van der Waals surface area contributed by atoms with E-state index in [4.69, 9.17) is 4.84 Å². The van der Waals surface area contributed by atoms with Crippen molar-refractivity contribution < 1.29 is 4.84 Å². The van der Waals surface area contributed by atoms with Gasteiger partial charge in [0.1, 0.15) is 0 Å². The van der Waals surface area contributed by atoms with Gasteiger partial charge in [0.05, 0.1) is 6.61 Å². The Morgan fingerprint density at radius 1 is 1.31 bits per heavy atom. The van der Waals surface area contributed by atoms with Crippen LogP contribution in [0.2, 0.25) is 0 Å². The zero-order valence-electron chi connectivity index (χ0n) is 9.18. The topological polar surface area (TPSA) is 21.3 Å². The summed E-state index contributed by atoms with van der Waals surface area (Å²) in [6.45, 7) is 7.43. The van der Waals surface area contributed by atoms with Crippen LogP contribution in [-0.4, -0.2) is 12.6 Å². The third-order valence-electron chi connectivity index (χ3n) is 3.05. The first-order valence-corrected chi connectivity index (χ1v) is 5.63. The second-order valence-electron chi connectivity index (χ2n) is 4.35. The highest BCUT2D eigenvalue weighted by Crippen LogP contribution is 2.29. The van der Waals surface area contributed by atoms with Gasteiger partial charge < -0.3 is 4.84 Å². The van der Waals surface area contributed by atoms with Gasteiger partial charge in [-0.2, -0.15) is 5.48 Å². The summed E-state index contributed by atoms with van der Waals surface area (Å²) >= 11 is 0. The second kappa shape index (κ2) is 5.61. The van der Waals surface area contributed by atoms with E-state index < -0.39 is 0 Å². The molecule has 1 aliphatic rings. The Morgan fingerprint density at radius 2 is 2.00 bits per heavy atom. The summed E-state index contributed by atoms with van der Waals surface area (Å²) in [6.07, 6.45) is 5.40. The van der Waals surface area contributed by atoms with Crippen molar-refractivity contribution in [1.82, 2.24) is 5.48 Å². The smallest absolute Gasteiger partial charge is 0.0654 e. The van der Waals surface area contributed by atoms with Crippen LogP contribution in [0.1, 0.15) is 46.5 Å². The quantitative estimate of drug-likeness (QED) is 0.680. The number of hydrogen-bond donors (Lipinski definition) is 1. The van der Waals surface area contributed by atoms with Gasteiger partial charge in [-0.05, 0) is 31.6 Å². The van der Waals surface area contributed by atoms with Gasteiger partial charge in [-0.3, -0.25) is 0 Å².